The molecule has 2 N–H and O–H groups in total. The molecule has 7 nitrogen and oxygen atoms in total. The fourth-order valence-electron chi connectivity index (χ4n) is 3.36. The predicted octanol–water partition coefficient (Wildman–Crippen LogP) is 0.643. The van der Waals surface area contributed by atoms with Gasteiger partial charge < -0.3 is 15.4 Å². The standard InChI is InChI=1S/C18H27N3O4S/c1-14-2-4-17(5-3-14)26(23,24)21-9-6-15(7-10-21)20-18(22)12-16-13-25-11-8-19-16/h2-5,15-16,19H,6-13H2,1H3,(H,20,22). The van der Waals surface area contributed by atoms with Crippen molar-refractivity contribution in [1.82, 2.24) is 14.9 Å². The van der Waals surface area contributed by atoms with Gasteiger partial charge in [0.15, 0.2) is 0 Å². The molecule has 2 aliphatic heterocycles. The number of nitrogens with one attached hydrogen (secondary N) is 2. The first-order valence-corrected chi connectivity index (χ1v) is 10.6. The third-order valence-corrected chi connectivity index (χ3v) is 6.82. The van der Waals surface area contributed by atoms with Gasteiger partial charge in [0.05, 0.1) is 18.1 Å². The molecule has 0 aromatic heterocycles. The number of hydrogen-bond donors (Lipinski definition) is 2. The number of aryl methyl sites for hydroxylation is 1. The van der Waals surface area contributed by atoms with Crippen molar-refractivity contribution in [2.45, 2.75) is 43.2 Å². The average Bonchev–Trinajstić information content (AvgIpc) is 2.63. The molecule has 2 fully saturated rings. The van der Waals surface area contributed by atoms with Gasteiger partial charge in [0.1, 0.15) is 0 Å². The smallest absolute Gasteiger partial charge is 0.243 e. The van der Waals surface area contributed by atoms with Crippen LogP contribution in [-0.4, -0.2) is 63.6 Å². The van der Waals surface area contributed by atoms with Crippen molar-refractivity contribution in [1.29, 1.82) is 0 Å². The van der Waals surface area contributed by atoms with Gasteiger partial charge in [0.25, 0.3) is 0 Å². The zero-order valence-electron chi connectivity index (χ0n) is 15.1. The number of nitrogens with zero attached hydrogens (tertiary/aromatic N) is 1. The maximum atomic E-state index is 12.7. The van der Waals surface area contributed by atoms with Gasteiger partial charge in [-0.05, 0) is 31.9 Å². The highest BCUT2D eigenvalue weighted by atomic mass is 32.2. The van der Waals surface area contributed by atoms with E-state index in [9.17, 15) is 13.2 Å². The van der Waals surface area contributed by atoms with Crippen LogP contribution in [0.25, 0.3) is 0 Å². The Bertz CT molecular complexity index is 706. The quantitative estimate of drug-likeness (QED) is 0.782. The molecule has 0 spiro atoms. The second kappa shape index (κ2) is 8.47. The highest BCUT2D eigenvalue weighted by Gasteiger charge is 2.30. The number of sulfonamides is 1. The normalized spacial score (nSPS) is 22.9. The molecule has 2 heterocycles. The Morgan fingerprint density at radius 3 is 2.58 bits per heavy atom. The lowest BCUT2D eigenvalue weighted by atomic mass is 10.1. The van der Waals surface area contributed by atoms with Crippen molar-refractivity contribution in [3.05, 3.63) is 29.8 Å². The van der Waals surface area contributed by atoms with Crippen LogP contribution in [0, 0.1) is 6.92 Å². The van der Waals surface area contributed by atoms with Crippen LogP contribution < -0.4 is 10.6 Å². The molecule has 0 aliphatic carbocycles. The highest BCUT2D eigenvalue weighted by Crippen LogP contribution is 2.21. The van der Waals surface area contributed by atoms with Gasteiger partial charge in [-0.1, -0.05) is 17.7 Å². The summed E-state index contributed by atoms with van der Waals surface area (Å²) in [7, 11) is -3.46. The zero-order chi connectivity index (χ0) is 18.6. The second-order valence-electron chi connectivity index (χ2n) is 6.99. The lowest BCUT2D eigenvalue weighted by Gasteiger charge is -2.32. The minimum atomic E-state index is -3.46. The maximum absolute atomic E-state index is 12.7. The molecule has 0 radical (unpaired) electrons. The molecule has 1 aromatic rings. The molecule has 0 bridgehead atoms. The van der Waals surface area contributed by atoms with Crippen LogP contribution in [0.1, 0.15) is 24.8 Å². The summed E-state index contributed by atoms with van der Waals surface area (Å²) < 4.78 is 32.3. The lowest BCUT2D eigenvalue weighted by molar-refractivity contribution is -0.123. The molecule has 144 valence electrons. The van der Waals surface area contributed by atoms with E-state index in [4.69, 9.17) is 4.74 Å². The molecular formula is C18H27N3O4S. The topological polar surface area (TPSA) is 87.7 Å². The molecule has 26 heavy (non-hydrogen) atoms. The van der Waals surface area contributed by atoms with Gasteiger partial charge in [-0.15, -0.1) is 0 Å². The zero-order valence-corrected chi connectivity index (χ0v) is 15.9. The molecule has 1 aromatic carbocycles. The van der Waals surface area contributed by atoms with Gasteiger partial charge in [-0.2, -0.15) is 4.31 Å². The number of amides is 1. The third kappa shape index (κ3) is 4.82. The van der Waals surface area contributed by atoms with Crippen molar-refractivity contribution < 1.29 is 17.9 Å². The Kier molecular flexibility index (Phi) is 6.29. The first-order valence-electron chi connectivity index (χ1n) is 9.12. The number of rotatable bonds is 5. The molecule has 0 saturated carbocycles. The Morgan fingerprint density at radius 1 is 1.27 bits per heavy atom. The summed E-state index contributed by atoms with van der Waals surface area (Å²) in [5.74, 6) is -0.00663. The van der Waals surface area contributed by atoms with E-state index in [0.29, 0.717) is 50.5 Å². The van der Waals surface area contributed by atoms with E-state index in [2.05, 4.69) is 10.6 Å². The Morgan fingerprint density at radius 2 is 1.96 bits per heavy atom. The monoisotopic (exact) mass is 381 g/mol. The number of carbonyl (C=O) groups is 1. The first-order chi connectivity index (χ1) is 12.4. The van der Waals surface area contributed by atoms with Crippen molar-refractivity contribution in [3.63, 3.8) is 0 Å². The molecule has 1 unspecified atom stereocenters. The molecule has 1 amide bonds. The van der Waals surface area contributed by atoms with Crippen molar-refractivity contribution in [2.24, 2.45) is 0 Å². The summed E-state index contributed by atoms with van der Waals surface area (Å²) in [6.45, 7) is 4.79. The Labute approximate surface area is 155 Å². The van der Waals surface area contributed by atoms with Crippen molar-refractivity contribution >= 4 is 15.9 Å². The van der Waals surface area contributed by atoms with E-state index in [1.165, 1.54) is 4.31 Å². The van der Waals surface area contributed by atoms with Crippen molar-refractivity contribution in [3.8, 4) is 0 Å². The fraction of sp³-hybridized carbons (Fsp3) is 0.611. The number of benzene rings is 1. The number of ether oxygens (including phenoxy) is 1. The van der Waals surface area contributed by atoms with Crippen LogP contribution in [0.15, 0.2) is 29.2 Å². The molecule has 2 saturated heterocycles. The lowest BCUT2D eigenvalue weighted by Crippen LogP contribution is -2.49. The second-order valence-corrected chi connectivity index (χ2v) is 8.93. The molecule has 8 heteroatoms. The molecule has 1 atom stereocenters. The molecular weight excluding hydrogens is 354 g/mol. The minimum absolute atomic E-state index is 0.00663. The van der Waals surface area contributed by atoms with E-state index in [-0.39, 0.29) is 18.0 Å². The van der Waals surface area contributed by atoms with E-state index >= 15 is 0 Å². The van der Waals surface area contributed by atoms with Gasteiger partial charge in [0, 0.05) is 38.1 Å². The highest BCUT2D eigenvalue weighted by molar-refractivity contribution is 7.89. The van der Waals surface area contributed by atoms with E-state index in [1.807, 2.05) is 19.1 Å². The third-order valence-electron chi connectivity index (χ3n) is 4.91. The first kappa shape index (κ1) is 19.3. The minimum Gasteiger partial charge on any atom is -0.378 e. The summed E-state index contributed by atoms with van der Waals surface area (Å²) in [6, 6.07) is 7.00. The summed E-state index contributed by atoms with van der Waals surface area (Å²) in [5, 5.41) is 6.29. The average molecular weight is 381 g/mol. The summed E-state index contributed by atoms with van der Waals surface area (Å²) in [5.41, 5.74) is 1.03. The van der Waals surface area contributed by atoms with Gasteiger partial charge >= 0.3 is 0 Å². The Hall–Kier alpha value is -1.48. The molecule has 2 aliphatic rings. The number of carbonyl (C=O) groups excluding carboxylic acids is 1. The van der Waals surface area contributed by atoms with E-state index in [0.717, 1.165) is 12.1 Å². The van der Waals surface area contributed by atoms with E-state index in [1.54, 1.807) is 12.1 Å². The summed E-state index contributed by atoms with van der Waals surface area (Å²) in [4.78, 5) is 12.5. The summed E-state index contributed by atoms with van der Waals surface area (Å²) in [6.07, 6.45) is 1.65. The largest absolute Gasteiger partial charge is 0.378 e. The summed E-state index contributed by atoms with van der Waals surface area (Å²) >= 11 is 0. The number of hydrogen-bond acceptors (Lipinski definition) is 5. The SMILES string of the molecule is Cc1ccc(S(=O)(=O)N2CCC(NC(=O)CC3COCCN3)CC2)cc1. The van der Waals surface area contributed by atoms with E-state index < -0.39 is 10.0 Å². The maximum Gasteiger partial charge on any atom is 0.243 e. The number of morpholine rings is 1. The molecule has 3 rings (SSSR count). The Balaban J connectivity index is 1.49. The van der Waals surface area contributed by atoms with Crippen LogP contribution in [0.5, 0.6) is 0 Å². The fourth-order valence-corrected chi connectivity index (χ4v) is 4.83. The van der Waals surface area contributed by atoms with Gasteiger partial charge in [-0.3, -0.25) is 4.79 Å². The van der Waals surface area contributed by atoms with Crippen molar-refractivity contribution in [2.75, 3.05) is 32.8 Å². The van der Waals surface area contributed by atoms with Crippen LogP contribution in [-0.2, 0) is 19.6 Å². The van der Waals surface area contributed by atoms with Crippen LogP contribution in [0.3, 0.4) is 0 Å². The van der Waals surface area contributed by atoms with Gasteiger partial charge in [-0.25, -0.2) is 8.42 Å². The van der Waals surface area contributed by atoms with Crippen LogP contribution in [0.2, 0.25) is 0 Å². The van der Waals surface area contributed by atoms with Crippen LogP contribution in [0.4, 0.5) is 0 Å². The van der Waals surface area contributed by atoms with Crippen LogP contribution >= 0.6 is 0 Å². The number of piperidine rings is 1. The predicted molar refractivity (Wildman–Crippen MR) is 98.3 cm³/mol. The van der Waals surface area contributed by atoms with Gasteiger partial charge in [0.2, 0.25) is 15.9 Å².